The third kappa shape index (κ3) is 3.92. The lowest BCUT2D eigenvalue weighted by Crippen LogP contribution is -2.25. The second kappa shape index (κ2) is 7.32. The highest BCUT2D eigenvalue weighted by Crippen LogP contribution is 2.33. The van der Waals surface area contributed by atoms with Crippen LogP contribution < -0.4 is 5.32 Å². The summed E-state index contributed by atoms with van der Waals surface area (Å²) in [5.74, 6) is 0.386. The van der Waals surface area contributed by atoms with E-state index in [1.807, 2.05) is 18.2 Å². The van der Waals surface area contributed by atoms with Gasteiger partial charge in [-0.2, -0.15) is 0 Å². The Morgan fingerprint density at radius 1 is 1.04 bits per heavy atom. The van der Waals surface area contributed by atoms with Crippen molar-refractivity contribution in [1.82, 2.24) is 0 Å². The molecule has 0 bridgehead atoms. The Labute approximate surface area is 139 Å². The molecule has 0 amide bonds. The molecule has 0 heterocycles. The van der Waals surface area contributed by atoms with Crippen LogP contribution >= 0.6 is 0 Å². The van der Waals surface area contributed by atoms with E-state index in [0.29, 0.717) is 17.5 Å². The highest BCUT2D eigenvalue weighted by atomic mass is 16.5. The van der Waals surface area contributed by atoms with Crippen LogP contribution in [0.2, 0.25) is 0 Å². The number of carbonyl (C=O) groups is 1. The maximum absolute atomic E-state index is 11.6. The predicted molar refractivity (Wildman–Crippen MR) is 95.0 cm³/mol. The molecule has 1 fully saturated rings. The molecule has 0 radical (unpaired) electrons. The van der Waals surface area contributed by atoms with Crippen molar-refractivity contribution in [2.24, 2.45) is 0 Å². The molecule has 2 aromatic rings. The maximum Gasteiger partial charge on any atom is 0.337 e. The lowest BCUT2D eigenvalue weighted by molar-refractivity contribution is 0.0601. The summed E-state index contributed by atoms with van der Waals surface area (Å²) in [6.07, 6.45) is 4.72. The van der Waals surface area contributed by atoms with E-state index in [1.165, 1.54) is 25.5 Å². The minimum Gasteiger partial charge on any atom is -0.465 e. The summed E-state index contributed by atoms with van der Waals surface area (Å²) in [4.78, 5) is 11.6. The number of esters is 1. The second-order valence-corrected chi connectivity index (χ2v) is 6.18. The van der Waals surface area contributed by atoms with Gasteiger partial charge in [0, 0.05) is 13.2 Å². The minimum atomic E-state index is -0.290. The van der Waals surface area contributed by atoms with E-state index >= 15 is 0 Å². The van der Waals surface area contributed by atoms with Crippen molar-refractivity contribution >= 4 is 11.7 Å². The van der Waals surface area contributed by atoms with E-state index in [4.69, 9.17) is 4.74 Å². The minimum absolute atomic E-state index is 0. The summed E-state index contributed by atoms with van der Waals surface area (Å²) in [5, 5.41) is 3.56. The van der Waals surface area contributed by atoms with Crippen molar-refractivity contribution in [3.8, 4) is 0 Å². The van der Waals surface area contributed by atoms with Gasteiger partial charge in [0.2, 0.25) is 0 Å². The van der Waals surface area contributed by atoms with Crippen molar-refractivity contribution in [2.45, 2.75) is 37.6 Å². The van der Waals surface area contributed by atoms with Crippen LogP contribution in [-0.4, -0.2) is 19.1 Å². The second-order valence-electron chi connectivity index (χ2n) is 6.18. The Morgan fingerprint density at radius 3 is 2.48 bits per heavy atom. The molecule has 0 spiro atoms. The molecule has 3 nitrogen and oxygen atoms in total. The molecular formula is C20H25NO2. The molecule has 0 aromatic heterocycles. The summed E-state index contributed by atoms with van der Waals surface area (Å²) in [5.41, 5.74) is 3.05. The topological polar surface area (TPSA) is 38.3 Å². The van der Waals surface area contributed by atoms with E-state index in [1.54, 1.807) is 6.07 Å². The lowest BCUT2D eigenvalue weighted by Gasteiger charge is -2.30. The Morgan fingerprint density at radius 2 is 1.78 bits per heavy atom. The highest BCUT2D eigenvalue weighted by Gasteiger charge is 2.22. The van der Waals surface area contributed by atoms with Crippen LogP contribution in [0.5, 0.6) is 0 Å². The van der Waals surface area contributed by atoms with Gasteiger partial charge in [0.25, 0.3) is 0 Å². The number of nitrogens with one attached hydrogen (secondary N) is 1. The van der Waals surface area contributed by atoms with Crippen LogP contribution in [0.25, 0.3) is 0 Å². The summed E-state index contributed by atoms with van der Waals surface area (Å²) in [6.45, 7) is 0. The number of rotatable bonds is 4. The SMILES string of the molecule is COC(=O)c1cccc(NC2CCC(c3ccccc3)CC2)c1.[HH]. The fourth-order valence-electron chi connectivity index (χ4n) is 3.39. The summed E-state index contributed by atoms with van der Waals surface area (Å²) in [7, 11) is 1.41. The van der Waals surface area contributed by atoms with Crippen LogP contribution in [0, 0.1) is 0 Å². The van der Waals surface area contributed by atoms with E-state index in [-0.39, 0.29) is 7.40 Å². The molecular weight excluding hydrogens is 286 g/mol. The Bertz CT molecular complexity index is 652. The van der Waals surface area contributed by atoms with Crippen molar-refractivity contribution in [3.63, 3.8) is 0 Å². The van der Waals surface area contributed by atoms with Gasteiger partial charge in [-0.05, 0) is 55.4 Å². The van der Waals surface area contributed by atoms with Crippen molar-refractivity contribution in [1.29, 1.82) is 0 Å². The van der Waals surface area contributed by atoms with E-state index < -0.39 is 0 Å². The van der Waals surface area contributed by atoms with Crippen LogP contribution in [0.1, 0.15) is 48.9 Å². The molecule has 23 heavy (non-hydrogen) atoms. The van der Waals surface area contributed by atoms with Gasteiger partial charge in [0.1, 0.15) is 0 Å². The summed E-state index contributed by atoms with van der Waals surface area (Å²) in [6, 6.07) is 18.8. The van der Waals surface area contributed by atoms with Gasteiger partial charge in [0.05, 0.1) is 12.7 Å². The molecule has 0 atom stereocenters. The molecule has 0 unspecified atom stereocenters. The van der Waals surface area contributed by atoms with Gasteiger partial charge in [-0.25, -0.2) is 4.79 Å². The third-order valence-corrected chi connectivity index (χ3v) is 4.65. The Hall–Kier alpha value is -2.29. The molecule has 1 N–H and O–H groups in total. The molecule has 3 rings (SSSR count). The number of benzene rings is 2. The standard InChI is InChI=1S/C20H23NO2.H2/c1-23-20(22)17-8-5-9-19(14-17)21-18-12-10-16(11-13-18)15-6-3-2-4-7-15;/h2-9,14,16,18,21H,10-13H2,1H3;1H. The van der Waals surface area contributed by atoms with Gasteiger partial charge in [-0.1, -0.05) is 36.4 Å². The van der Waals surface area contributed by atoms with Gasteiger partial charge in [-0.3, -0.25) is 0 Å². The van der Waals surface area contributed by atoms with E-state index in [9.17, 15) is 4.79 Å². The van der Waals surface area contributed by atoms with Crippen LogP contribution in [0.4, 0.5) is 5.69 Å². The number of methoxy groups -OCH3 is 1. The van der Waals surface area contributed by atoms with Crippen molar-refractivity contribution in [2.75, 3.05) is 12.4 Å². The Kier molecular flexibility index (Phi) is 4.96. The molecule has 122 valence electrons. The molecule has 1 aliphatic rings. The number of ether oxygens (including phenoxy) is 1. The third-order valence-electron chi connectivity index (χ3n) is 4.65. The monoisotopic (exact) mass is 311 g/mol. The first-order valence-corrected chi connectivity index (χ1v) is 8.26. The first-order chi connectivity index (χ1) is 11.3. The van der Waals surface area contributed by atoms with Crippen molar-refractivity contribution < 1.29 is 11.0 Å². The smallest absolute Gasteiger partial charge is 0.337 e. The molecule has 1 saturated carbocycles. The summed E-state index contributed by atoms with van der Waals surface area (Å²) < 4.78 is 4.78. The number of anilines is 1. The number of hydrogen-bond donors (Lipinski definition) is 1. The van der Waals surface area contributed by atoms with Gasteiger partial charge >= 0.3 is 5.97 Å². The average molecular weight is 311 g/mol. The molecule has 0 saturated heterocycles. The summed E-state index contributed by atoms with van der Waals surface area (Å²) >= 11 is 0. The van der Waals surface area contributed by atoms with Crippen LogP contribution in [0.15, 0.2) is 54.6 Å². The van der Waals surface area contributed by atoms with Crippen molar-refractivity contribution in [3.05, 3.63) is 65.7 Å². The van der Waals surface area contributed by atoms with Gasteiger partial charge in [-0.15, -0.1) is 0 Å². The van der Waals surface area contributed by atoms with Crippen LogP contribution in [-0.2, 0) is 4.74 Å². The first kappa shape index (κ1) is 15.6. The fourth-order valence-corrected chi connectivity index (χ4v) is 3.39. The Balaban J connectivity index is 0.00000208. The number of hydrogen-bond acceptors (Lipinski definition) is 3. The normalized spacial score (nSPS) is 20.7. The zero-order chi connectivity index (χ0) is 16.1. The molecule has 1 aliphatic carbocycles. The number of carbonyl (C=O) groups excluding carboxylic acids is 1. The predicted octanol–water partition coefficient (Wildman–Crippen LogP) is 4.86. The first-order valence-electron chi connectivity index (χ1n) is 8.26. The van der Waals surface area contributed by atoms with Gasteiger partial charge in [0.15, 0.2) is 0 Å². The zero-order valence-electron chi connectivity index (χ0n) is 13.5. The maximum atomic E-state index is 11.6. The molecule has 2 aromatic carbocycles. The van der Waals surface area contributed by atoms with E-state index in [0.717, 1.165) is 18.5 Å². The molecule has 0 aliphatic heterocycles. The van der Waals surface area contributed by atoms with Crippen LogP contribution in [0.3, 0.4) is 0 Å². The molecule has 3 heteroatoms. The van der Waals surface area contributed by atoms with E-state index in [2.05, 4.69) is 35.6 Å². The fraction of sp³-hybridized carbons (Fsp3) is 0.350. The highest BCUT2D eigenvalue weighted by molar-refractivity contribution is 5.90. The van der Waals surface area contributed by atoms with Gasteiger partial charge < -0.3 is 10.1 Å². The zero-order valence-corrected chi connectivity index (χ0v) is 13.5. The average Bonchev–Trinajstić information content (AvgIpc) is 2.62. The largest absolute Gasteiger partial charge is 0.465 e. The lowest BCUT2D eigenvalue weighted by atomic mass is 9.82. The quantitative estimate of drug-likeness (QED) is 0.820.